The van der Waals surface area contributed by atoms with E-state index in [0.717, 1.165) is 12.1 Å². The zero-order valence-electron chi connectivity index (χ0n) is 6.67. The molecule has 0 aromatic heterocycles. The summed E-state index contributed by atoms with van der Waals surface area (Å²) in [5, 5.41) is 17.6. The second-order valence-electron chi connectivity index (χ2n) is 2.53. The smallest absolute Gasteiger partial charge is 0.423 e. The maximum absolute atomic E-state index is 12.6. The predicted molar refractivity (Wildman–Crippen MR) is 44.2 cm³/mol. The van der Waals surface area contributed by atoms with Crippen molar-refractivity contribution in [2.45, 2.75) is 6.54 Å². The van der Waals surface area contributed by atoms with Crippen LogP contribution >= 0.6 is 0 Å². The molecule has 0 aliphatic carbocycles. The highest BCUT2D eigenvalue weighted by atomic mass is 19.2. The zero-order chi connectivity index (χ0) is 9.84. The van der Waals surface area contributed by atoms with Crippen LogP contribution in [0.25, 0.3) is 0 Å². The van der Waals surface area contributed by atoms with Gasteiger partial charge in [0.05, 0.1) is 6.54 Å². The van der Waals surface area contributed by atoms with Gasteiger partial charge in [0.25, 0.3) is 0 Å². The third kappa shape index (κ3) is 2.48. The van der Waals surface area contributed by atoms with E-state index >= 15 is 0 Å². The minimum Gasteiger partial charge on any atom is -0.423 e. The van der Waals surface area contributed by atoms with Gasteiger partial charge in [-0.25, -0.2) is 4.39 Å². The molecular formula is C7H8BF2NO2. The summed E-state index contributed by atoms with van der Waals surface area (Å²) < 4.78 is 24.3. The molecule has 0 bridgehead atoms. The Morgan fingerprint density at radius 1 is 1.38 bits per heavy atom. The Morgan fingerprint density at radius 2 is 2.08 bits per heavy atom. The van der Waals surface area contributed by atoms with Crippen molar-refractivity contribution < 1.29 is 18.9 Å². The average molecular weight is 187 g/mol. The van der Waals surface area contributed by atoms with Crippen molar-refractivity contribution in [1.82, 2.24) is 5.54 Å². The van der Waals surface area contributed by atoms with Crippen LogP contribution in [0.1, 0.15) is 5.56 Å². The lowest BCUT2D eigenvalue weighted by Gasteiger charge is -2.06. The largest absolute Gasteiger partial charge is 0.488 e. The second-order valence-corrected chi connectivity index (χ2v) is 2.53. The van der Waals surface area contributed by atoms with Crippen molar-refractivity contribution in [3.63, 3.8) is 0 Å². The molecule has 0 amide bonds. The first kappa shape index (κ1) is 10.1. The maximum atomic E-state index is 12.6. The topological polar surface area (TPSA) is 52.5 Å². The number of halogens is 2. The van der Waals surface area contributed by atoms with Crippen LogP contribution in [-0.2, 0) is 6.54 Å². The van der Waals surface area contributed by atoms with Gasteiger partial charge in [0.1, 0.15) is 5.82 Å². The van der Waals surface area contributed by atoms with E-state index in [1.807, 2.05) is 0 Å². The standard InChI is InChI=1S/C7H8BF2NO2/c9-6-1-2-7(8(12)13)5(3-6)4-11-10/h1-3,11-13H,4H2. The second kappa shape index (κ2) is 4.31. The van der Waals surface area contributed by atoms with Crippen LogP contribution in [-0.4, -0.2) is 17.2 Å². The molecule has 0 heterocycles. The van der Waals surface area contributed by atoms with Crippen LogP contribution in [0.5, 0.6) is 0 Å². The van der Waals surface area contributed by atoms with E-state index in [-0.39, 0.29) is 17.6 Å². The van der Waals surface area contributed by atoms with Crippen LogP contribution in [0.15, 0.2) is 18.2 Å². The van der Waals surface area contributed by atoms with Crippen LogP contribution in [0.4, 0.5) is 8.87 Å². The van der Waals surface area contributed by atoms with Crippen molar-refractivity contribution in [1.29, 1.82) is 0 Å². The molecule has 6 heteroatoms. The molecule has 0 aliphatic rings. The maximum Gasteiger partial charge on any atom is 0.488 e. The highest BCUT2D eigenvalue weighted by molar-refractivity contribution is 6.59. The number of hydrogen-bond acceptors (Lipinski definition) is 3. The van der Waals surface area contributed by atoms with Crippen molar-refractivity contribution in [3.8, 4) is 0 Å². The Balaban J connectivity index is 3.03. The SMILES string of the molecule is OB(O)c1ccc(F)cc1CNF. The number of benzene rings is 1. The highest BCUT2D eigenvalue weighted by Crippen LogP contribution is 2.01. The van der Waals surface area contributed by atoms with E-state index in [1.54, 1.807) is 0 Å². The molecule has 3 N–H and O–H groups in total. The fourth-order valence-electron chi connectivity index (χ4n) is 1.05. The van der Waals surface area contributed by atoms with Gasteiger partial charge in [-0.2, -0.15) is 5.54 Å². The summed E-state index contributed by atoms with van der Waals surface area (Å²) in [6, 6.07) is 3.32. The van der Waals surface area contributed by atoms with Gasteiger partial charge in [-0.15, -0.1) is 4.48 Å². The van der Waals surface area contributed by atoms with E-state index in [0.29, 0.717) is 0 Å². The zero-order valence-corrected chi connectivity index (χ0v) is 6.67. The fourth-order valence-corrected chi connectivity index (χ4v) is 1.05. The molecule has 0 unspecified atom stereocenters. The summed E-state index contributed by atoms with van der Waals surface area (Å²) in [4.78, 5) is 0. The van der Waals surface area contributed by atoms with Gasteiger partial charge in [-0.1, -0.05) is 6.07 Å². The Kier molecular flexibility index (Phi) is 3.35. The van der Waals surface area contributed by atoms with Crippen LogP contribution < -0.4 is 11.0 Å². The van der Waals surface area contributed by atoms with Crippen LogP contribution in [0.3, 0.4) is 0 Å². The van der Waals surface area contributed by atoms with Gasteiger partial charge in [0, 0.05) is 0 Å². The predicted octanol–water partition coefficient (Wildman–Crippen LogP) is -0.520. The van der Waals surface area contributed by atoms with E-state index in [1.165, 1.54) is 11.6 Å². The molecule has 3 nitrogen and oxygen atoms in total. The molecule has 0 saturated heterocycles. The lowest BCUT2D eigenvalue weighted by atomic mass is 9.77. The third-order valence-electron chi connectivity index (χ3n) is 1.64. The van der Waals surface area contributed by atoms with Gasteiger partial charge >= 0.3 is 7.12 Å². The number of nitrogens with one attached hydrogen (secondary N) is 1. The Labute approximate surface area is 74.1 Å². The summed E-state index contributed by atoms with van der Waals surface area (Å²) >= 11 is 0. The lowest BCUT2D eigenvalue weighted by molar-refractivity contribution is 0.330. The number of rotatable bonds is 3. The average Bonchev–Trinajstić information content (AvgIpc) is 2.04. The quantitative estimate of drug-likeness (QED) is 0.440. The van der Waals surface area contributed by atoms with Crippen LogP contribution in [0.2, 0.25) is 0 Å². The first-order valence-corrected chi connectivity index (χ1v) is 3.63. The van der Waals surface area contributed by atoms with Crippen molar-refractivity contribution in [2.75, 3.05) is 0 Å². The molecule has 0 aliphatic heterocycles. The first-order chi connectivity index (χ1) is 6.15. The molecule has 0 atom stereocenters. The minimum atomic E-state index is -1.72. The molecule has 0 radical (unpaired) electrons. The minimum absolute atomic E-state index is 0.0894. The highest BCUT2D eigenvalue weighted by Gasteiger charge is 2.15. The molecule has 1 aromatic rings. The number of hydrogen-bond donors (Lipinski definition) is 3. The lowest BCUT2D eigenvalue weighted by Crippen LogP contribution is -2.34. The van der Waals surface area contributed by atoms with Crippen molar-refractivity contribution in [3.05, 3.63) is 29.6 Å². The molecule has 1 rings (SSSR count). The summed E-state index contributed by atoms with van der Waals surface area (Å²) in [6.45, 7) is -0.259. The molecule has 0 saturated carbocycles. The molecular weight excluding hydrogens is 179 g/mol. The Hall–Kier alpha value is -0.975. The Morgan fingerprint density at radius 3 is 2.62 bits per heavy atom. The third-order valence-corrected chi connectivity index (χ3v) is 1.64. The molecule has 0 fully saturated rings. The first-order valence-electron chi connectivity index (χ1n) is 3.63. The van der Waals surface area contributed by atoms with Gasteiger partial charge in [-0.05, 0) is 23.2 Å². The monoisotopic (exact) mass is 187 g/mol. The van der Waals surface area contributed by atoms with Crippen molar-refractivity contribution in [2.24, 2.45) is 0 Å². The summed E-state index contributed by atoms with van der Waals surface area (Å²) in [7, 11) is -1.72. The molecule has 70 valence electrons. The fraction of sp³-hybridized carbons (Fsp3) is 0.143. The van der Waals surface area contributed by atoms with Crippen molar-refractivity contribution >= 4 is 12.6 Å². The molecule has 0 spiro atoms. The van der Waals surface area contributed by atoms with Gasteiger partial charge in [0.15, 0.2) is 0 Å². The normalized spacial score (nSPS) is 10.2. The Bertz CT molecular complexity index is 296. The summed E-state index contributed by atoms with van der Waals surface area (Å²) in [6.07, 6.45) is 0. The molecule has 13 heavy (non-hydrogen) atoms. The van der Waals surface area contributed by atoms with Crippen LogP contribution in [0, 0.1) is 5.82 Å². The molecule has 1 aromatic carbocycles. The van der Waals surface area contributed by atoms with E-state index in [4.69, 9.17) is 10.0 Å². The van der Waals surface area contributed by atoms with E-state index < -0.39 is 12.9 Å². The van der Waals surface area contributed by atoms with E-state index in [2.05, 4.69) is 0 Å². The van der Waals surface area contributed by atoms with Gasteiger partial charge in [0.2, 0.25) is 0 Å². The summed E-state index contributed by atoms with van der Waals surface area (Å²) in [5.41, 5.74) is 1.59. The summed E-state index contributed by atoms with van der Waals surface area (Å²) in [5.74, 6) is -0.547. The van der Waals surface area contributed by atoms with E-state index in [9.17, 15) is 8.87 Å². The van der Waals surface area contributed by atoms with Gasteiger partial charge < -0.3 is 10.0 Å². The van der Waals surface area contributed by atoms with Gasteiger partial charge in [-0.3, -0.25) is 0 Å².